The Labute approximate surface area is 179 Å². The highest BCUT2D eigenvalue weighted by Gasteiger charge is 2.21. The highest BCUT2D eigenvalue weighted by Crippen LogP contribution is 2.22. The smallest absolute Gasteiger partial charge is 0.306 e. The van der Waals surface area contributed by atoms with Gasteiger partial charge in [0.25, 0.3) is 0 Å². The van der Waals surface area contributed by atoms with Crippen LogP contribution in [0.15, 0.2) is 0 Å². The first-order chi connectivity index (χ1) is 14.2. The van der Waals surface area contributed by atoms with Gasteiger partial charge in [0.15, 0.2) is 0 Å². The number of carbonyl (C=O) groups excluding carboxylic acids is 2. The van der Waals surface area contributed by atoms with Crippen LogP contribution in [0, 0.1) is 0 Å². The molecule has 170 valence electrons. The molecule has 4 heteroatoms. The van der Waals surface area contributed by atoms with Gasteiger partial charge in [0, 0.05) is 12.8 Å². The Kier molecular flexibility index (Phi) is 17.0. The van der Waals surface area contributed by atoms with Gasteiger partial charge >= 0.3 is 11.9 Å². The van der Waals surface area contributed by atoms with Crippen molar-refractivity contribution in [2.24, 2.45) is 0 Å². The van der Waals surface area contributed by atoms with E-state index < -0.39 is 0 Å². The standard InChI is InChI=1S/C25H46O4/c1-2-3-4-5-6-7-8-9-10-11-12-13-16-22-28-24(26)20-14-15-21-25(27)29-23-18-17-19-23/h23H,2-22H2,1H3. The predicted molar refractivity (Wildman–Crippen MR) is 119 cm³/mol. The summed E-state index contributed by atoms with van der Waals surface area (Å²) in [4.78, 5) is 23.3. The van der Waals surface area contributed by atoms with Gasteiger partial charge in [-0.3, -0.25) is 9.59 Å². The topological polar surface area (TPSA) is 52.6 Å². The molecule has 0 aromatic heterocycles. The Bertz CT molecular complexity index is 404. The zero-order valence-corrected chi connectivity index (χ0v) is 19.1. The molecule has 1 saturated carbocycles. The molecule has 0 atom stereocenters. The van der Waals surface area contributed by atoms with Crippen LogP contribution in [0.3, 0.4) is 0 Å². The largest absolute Gasteiger partial charge is 0.466 e. The van der Waals surface area contributed by atoms with Gasteiger partial charge in [0.05, 0.1) is 6.61 Å². The number of hydrogen-bond donors (Lipinski definition) is 0. The summed E-state index contributed by atoms with van der Waals surface area (Å²) in [6.45, 7) is 2.81. The first-order valence-corrected chi connectivity index (χ1v) is 12.6. The maximum atomic E-state index is 11.7. The second-order valence-corrected chi connectivity index (χ2v) is 8.71. The second kappa shape index (κ2) is 18.9. The van der Waals surface area contributed by atoms with Gasteiger partial charge in [-0.1, -0.05) is 84.0 Å². The molecule has 0 amide bonds. The molecule has 0 N–H and O–H groups in total. The Hall–Kier alpha value is -1.06. The molecule has 0 heterocycles. The van der Waals surface area contributed by atoms with Crippen molar-refractivity contribution in [3.05, 3.63) is 0 Å². The van der Waals surface area contributed by atoms with Gasteiger partial charge in [-0.05, 0) is 38.5 Å². The van der Waals surface area contributed by atoms with Crippen molar-refractivity contribution in [1.29, 1.82) is 0 Å². The summed E-state index contributed by atoms with van der Waals surface area (Å²) in [7, 11) is 0. The first-order valence-electron chi connectivity index (χ1n) is 12.6. The van der Waals surface area contributed by atoms with Crippen molar-refractivity contribution in [3.8, 4) is 0 Å². The number of esters is 2. The molecule has 0 saturated heterocycles. The van der Waals surface area contributed by atoms with Crippen LogP contribution in [-0.2, 0) is 19.1 Å². The lowest BCUT2D eigenvalue weighted by Gasteiger charge is -2.25. The normalized spacial score (nSPS) is 13.8. The van der Waals surface area contributed by atoms with Crippen LogP contribution < -0.4 is 0 Å². The van der Waals surface area contributed by atoms with Crippen molar-refractivity contribution in [2.45, 2.75) is 141 Å². The number of rotatable bonds is 20. The first kappa shape index (κ1) is 26.0. The lowest BCUT2D eigenvalue weighted by molar-refractivity contribution is -0.153. The molecule has 4 nitrogen and oxygen atoms in total. The van der Waals surface area contributed by atoms with Crippen LogP contribution in [0.5, 0.6) is 0 Å². The molecule has 0 radical (unpaired) electrons. The maximum Gasteiger partial charge on any atom is 0.306 e. The van der Waals surface area contributed by atoms with Gasteiger partial charge in [-0.25, -0.2) is 0 Å². The highest BCUT2D eigenvalue weighted by atomic mass is 16.5. The molecule has 0 unspecified atom stereocenters. The number of hydrogen-bond acceptors (Lipinski definition) is 4. The molecule has 29 heavy (non-hydrogen) atoms. The summed E-state index contributed by atoms with van der Waals surface area (Å²) in [6.07, 6.45) is 22.7. The molecule has 1 aliphatic carbocycles. The summed E-state index contributed by atoms with van der Waals surface area (Å²) in [5.41, 5.74) is 0. The monoisotopic (exact) mass is 410 g/mol. The quantitative estimate of drug-likeness (QED) is 0.156. The van der Waals surface area contributed by atoms with Gasteiger partial charge in [-0.2, -0.15) is 0 Å². The Balaban J connectivity index is 1.74. The van der Waals surface area contributed by atoms with Gasteiger partial charge in [0.1, 0.15) is 6.10 Å². The summed E-state index contributed by atoms with van der Waals surface area (Å²) in [6, 6.07) is 0. The van der Waals surface area contributed by atoms with E-state index in [1.807, 2.05) is 0 Å². The van der Waals surface area contributed by atoms with Crippen LogP contribution in [0.4, 0.5) is 0 Å². The molecular formula is C25H46O4. The fraction of sp³-hybridized carbons (Fsp3) is 0.920. The number of carbonyl (C=O) groups is 2. The summed E-state index contributed by atoms with van der Waals surface area (Å²) in [5, 5.41) is 0. The average Bonchev–Trinajstić information content (AvgIpc) is 2.68. The van der Waals surface area contributed by atoms with E-state index in [-0.39, 0.29) is 18.0 Å². The van der Waals surface area contributed by atoms with Crippen LogP contribution >= 0.6 is 0 Å². The molecule has 1 fully saturated rings. The van der Waals surface area contributed by atoms with Crippen molar-refractivity contribution >= 4 is 11.9 Å². The third-order valence-corrected chi connectivity index (χ3v) is 5.87. The minimum Gasteiger partial charge on any atom is -0.466 e. The van der Waals surface area contributed by atoms with Crippen LogP contribution in [0.25, 0.3) is 0 Å². The van der Waals surface area contributed by atoms with Crippen LogP contribution in [-0.4, -0.2) is 24.6 Å². The third kappa shape index (κ3) is 16.4. The van der Waals surface area contributed by atoms with E-state index in [0.29, 0.717) is 32.3 Å². The van der Waals surface area contributed by atoms with E-state index >= 15 is 0 Å². The minimum atomic E-state index is -0.128. The third-order valence-electron chi connectivity index (χ3n) is 5.87. The zero-order chi connectivity index (χ0) is 21.0. The minimum absolute atomic E-state index is 0.116. The Morgan fingerprint density at radius 1 is 0.655 bits per heavy atom. The Morgan fingerprint density at radius 3 is 1.62 bits per heavy atom. The fourth-order valence-electron chi connectivity index (χ4n) is 3.65. The van der Waals surface area contributed by atoms with E-state index in [0.717, 1.165) is 25.7 Å². The van der Waals surface area contributed by atoms with E-state index in [4.69, 9.17) is 9.47 Å². The molecule has 0 aromatic carbocycles. The fourth-order valence-corrected chi connectivity index (χ4v) is 3.65. The molecule has 0 spiro atoms. The predicted octanol–water partition coefficient (Wildman–Crippen LogP) is 7.28. The summed E-state index contributed by atoms with van der Waals surface area (Å²) < 4.78 is 10.6. The lowest BCUT2D eigenvalue weighted by atomic mass is 9.96. The zero-order valence-electron chi connectivity index (χ0n) is 19.1. The molecule has 0 aliphatic heterocycles. The van der Waals surface area contributed by atoms with Crippen LogP contribution in [0.2, 0.25) is 0 Å². The van der Waals surface area contributed by atoms with E-state index in [1.54, 1.807) is 0 Å². The SMILES string of the molecule is CCCCCCCCCCCCCCCOC(=O)CCCCC(=O)OC1CCC1. The van der Waals surface area contributed by atoms with E-state index in [1.165, 1.54) is 77.0 Å². The molecule has 0 aromatic rings. The second-order valence-electron chi connectivity index (χ2n) is 8.71. The maximum absolute atomic E-state index is 11.7. The van der Waals surface area contributed by atoms with E-state index in [2.05, 4.69) is 6.92 Å². The van der Waals surface area contributed by atoms with Gasteiger partial charge in [0.2, 0.25) is 0 Å². The van der Waals surface area contributed by atoms with Crippen molar-refractivity contribution in [3.63, 3.8) is 0 Å². The highest BCUT2D eigenvalue weighted by molar-refractivity contribution is 5.70. The van der Waals surface area contributed by atoms with Crippen molar-refractivity contribution in [1.82, 2.24) is 0 Å². The lowest BCUT2D eigenvalue weighted by Crippen LogP contribution is -2.24. The molecule has 0 bridgehead atoms. The summed E-state index contributed by atoms with van der Waals surface area (Å²) in [5.74, 6) is -0.244. The Morgan fingerprint density at radius 2 is 1.14 bits per heavy atom. The van der Waals surface area contributed by atoms with Gasteiger partial charge in [-0.15, -0.1) is 0 Å². The van der Waals surface area contributed by atoms with Crippen molar-refractivity contribution in [2.75, 3.05) is 6.61 Å². The molecule has 1 rings (SSSR count). The number of unbranched alkanes of at least 4 members (excludes halogenated alkanes) is 13. The van der Waals surface area contributed by atoms with Crippen molar-refractivity contribution < 1.29 is 19.1 Å². The average molecular weight is 411 g/mol. The number of ether oxygens (including phenoxy) is 2. The molecule has 1 aliphatic rings. The molecular weight excluding hydrogens is 364 g/mol. The van der Waals surface area contributed by atoms with E-state index in [9.17, 15) is 9.59 Å². The summed E-state index contributed by atoms with van der Waals surface area (Å²) >= 11 is 0. The van der Waals surface area contributed by atoms with Gasteiger partial charge < -0.3 is 9.47 Å². The van der Waals surface area contributed by atoms with Crippen LogP contribution in [0.1, 0.15) is 135 Å².